The molecule has 1 aliphatic carbocycles. The van der Waals surface area contributed by atoms with Gasteiger partial charge in [-0.2, -0.15) is 0 Å². The van der Waals surface area contributed by atoms with Gasteiger partial charge in [0.1, 0.15) is 6.04 Å². The van der Waals surface area contributed by atoms with Gasteiger partial charge in [0.15, 0.2) is 0 Å². The number of allylic oxidation sites excluding steroid dienone is 2. The lowest BCUT2D eigenvalue weighted by Gasteiger charge is -2.39. The quantitative estimate of drug-likeness (QED) is 0.558. The fourth-order valence-corrected chi connectivity index (χ4v) is 4.15. The first kappa shape index (κ1) is 17.3. The Morgan fingerprint density at radius 3 is 2.76 bits per heavy atom. The monoisotopic (exact) mass is 346 g/mol. The fraction of sp³-hybridized carbons (Fsp3) is 0.529. The largest absolute Gasteiger partial charge is 0.369 e. The van der Waals surface area contributed by atoms with E-state index in [4.69, 9.17) is 11.5 Å². The van der Waals surface area contributed by atoms with Crippen LogP contribution in [0.5, 0.6) is 0 Å². The third-order valence-electron chi connectivity index (χ3n) is 5.47. The van der Waals surface area contributed by atoms with Crippen molar-refractivity contribution in [2.45, 2.75) is 37.8 Å². The van der Waals surface area contributed by atoms with Gasteiger partial charge in [0.2, 0.25) is 17.7 Å². The highest BCUT2D eigenvalue weighted by atomic mass is 16.2. The van der Waals surface area contributed by atoms with Gasteiger partial charge in [-0.15, -0.1) is 0 Å². The summed E-state index contributed by atoms with van der Waals surface area (Å²) in [5.41, 5.74) is 11.5. The molecule has 5 N–H and O–H groups in total. The number of likely N-dealkylation sites (tertiary alicyclic amines) is 1. The van der Waals surface area contributed by atoms with Crippen LogP contribution in [-0.2, 0) is 19.2 Å². The van der Waals surface area contributed by atoms with Crippen molar-refractivity contribution >= 4 is 23.6 Å². The molecular formula is C17H22N4O4. The van der Waals surface area contributed by atoms with Crippen molar-refractivity contribution in [1.29, 1.82) is 0 Å². The lowest BCUT2D eigenvalue weighted by atomic mass is 9.69. The molecule has 0 aromatic rings. The smallest absolute Gasteiger partial charge is 0.250 e. The number of hydrogen-bond donors (Lipinski definition) is 3. The van der Waals surface area contributed by atoms with Crippen molar-refractivity contribution in [2.24, 2.45) is 23.3 Å². The van der Waals surface area contributed by atoms with Gasteiger partial charge in [-0.25, -0.2) is 0 Å². The molecular weight excluding hydrogens is 324 g/mol. The molecule has 0 spiro atoms. The molecule has 8 heteroatoms. The molecule has 0 saturated carbocycles. The van der Waals surface area contributed by atoms with Crippen molar-refractivity contribution in [2.75, 3.05) is 6.54 Å². The van der Waals surface area contributed by atoms with Gasteiger partial charge in [-0.05, 0) is 12.8 Å². The molecule has 25 heavy (non-hydrogen) atoms. The number of rotatable bonds is 4. The Morgan fingerprint density at radius 2 is 2.16 bits per heavy atom. The van der Waals surface area contributed by atoms with Crippen molar-refractivity contribution in [1.82, 2.24) is 10.2 Å². The highest BCUT2D eigenvalue weighted by Crippen LogP contribution is 2.41. The number of nitrogens with zero attached hydrogens (tertiary/aromatic N) is 1. The van der Waals surface area contributed by atoms with Gasteiger partial charge in [-0.3, -0.25) is 24.5 Å². The minimum absolute atomic E-state index is 0.189. The number of nitrogens with two attached hydrogens (primary N) is 2. The molecule has 0 aromatic heterocycles. The predicted octanol–water partition coefficient (Wildman–Crippen LogP) is -1.04. The second kappa shape index (κ2) is 6.11. The third kappa shape index (κ3) is 2.66. The molecule has 2 aliphatic heterocycles. The molecule has 2 fully saturated rings. The summed E-state index contributed by atoms with van der Waals surface area (Å²) < 4.78 is 0. The predicted molar refractivity (Wildman–Crippen MR) is 88.5 cm³/mol. The number of carbonyl (C=O) groups excluding carboxylic acids is 4. The van der Waals surface area contributed by atoms with Gasteiger partial charge in [0, 0.05) is 24.5 Å². The van der Waals surface area contributed by atoms with E-state index in [0.29, 0.717) is 12.0 Å². The Bertz CT molecular complexity index is 713. The first-order chi connectivity index (χ1) is 11.8. The van der Waals surface area contributed by atoms with Crippen LogP contribution < -0.4 is 16.8 Å². The minimum Gasteiger partial charge on any atom is -0.369 e. The van der Waals surface area contributed by atoms with E-state index in [1.807, 2.05) is 6.92 Å². The Kier molecular flexibility index (Phi) is 4.24. The Morgan fingerprint density at radius 1 is 1.44 bits per heavy atom. The fourth-order valence-electron chi connectivity index (χ4n) is 4.15. The first-order valence-electron chi connectivity index (χ1n) is 8.41. The number of hydrogen-bond acceptors (Lipinski definition) is 5. The van der Waals surface area contributed by atoms with Gasteiger partial charge in [-0.1, -0.05) is 25.2 Å². The van der Waals surface area contributed by atoms with Gasteiger partial charge >= 0.3 is 0 Å². The van der Waals surface area contributed by atoms with E-state index in [9.17, 15) is 19.2 Å². The summed E-state index contributed by atoms with van der Waals surface area (Å²) in [6, 6.07) is -0.699. The maximum absolute atomic E-state index is 12.8. The van der Waals surface area contributed by atoms with E-state index in [2.05, 4.69) is 5.32 Å². The number of nitrogens with one attached hydrogen (secondary N) is 1. The van der Waals surface area contributed by atoms with Crippen LogP contribution in [0.2, 0.25) is 0 Å². The van der Waals surface area contributed by atoms with Crippen LogP contribution in [0.15, 0.2) is 23.8 Å². The minimum atomic E-state index is -1.07. The van der Waals surface area contributed by atoms with Crippen LogP contribution in [0, 0.1) is 11.8 Å². The van der Waals surface area contributed by atoms with Crippen molar-refractivity contribution < 1.29 is 19.2 Å². The molecule has 2 saturated heterocycles. The van der Waals surface area contributed by atoms with Crippen LogP contribution in [0.4, 0.5) is 0 Å². The maximum Gasteiger partial charge on any atom is 0.250 e. The van der Waals surface area contributed by atoms with E-state index in [-0.39, 0.29) is 31.2 Å². The lowest BCUT2D eigenvalue weighted by Crippen LogP contribution is -2.58. The van der Waals surface area contributed by atoms with E-state index in [1.54, 1.807) is 18.2 Å². The molecule has 8 nitrogen and oxygen atoms in total. The number of amides is 4. The zero-order valence-corrected chi connectivity index (χ0v) is 14.0. The summed E-state index contributed by atoms with van der Waals surface area (Å²) in [5, 5.41) is 2.27. The standard InChI is InChI=1S/C17H22N4O4/c1-2-10(14(18)23)17(19)7-3-4-9-11(17)8-21(16(9)25)12-5-6-13(22)20-15(12)24/h3-4,7,10-12H,2,5-6,8,19H2,1H3,(H2,18,23)(H,20,22,24). The van der Waals surface area contributed by atoms with E-state index in [1.165, 1.54) is 4.90 Å². The summed E-state index contributed by atoms with van der Waals surface area (Å²) >= 11 is 0. The zero-order valence-electron chi connectivity index (χ0n) is 14.0. The molecule has 0 bridgehead atoms. The molecule has 0 radical (unpaired) electrons. The summed E-state index contributed by atoms with van der Waals surface area (Å²) in [6.07, 6.45) is 6.00. The SMILES string of the molecule is CCC(C(N)=O)C1(N)C=CC=C2C(=O)N(C3CCC(=O)NC3=O)CC21. The zero-order chi connectivity index (χ0) is 18.4. The number of primary amides is 1. The average molecular weight is 346 g/mol. The third-order valence-corrected chi connectivity index (χ3v) is 5.47. The molecule has 3 aliphatic rings. The van der Waals surface area contributed by atoms with E-state index in [0.717, 1.165) is 0 Å². The number of carbonyl (C=O) groups is 4. The molecule has 4 amide bonds. The summed E-state index contributed by atoms with van der Waals surface area (Å²) in [5.74, 6) is -2.64. The van der Waals surface area contributed by atoms with Crippen molar-refractivity contribution in [3.63, 3.8) is 0 Å². The van der Waals surface area contributed by atoms with E-state index < -0.39 is 35.2 Å². The average Bonchev–Trinajstić information content (AvgIpc) is 2.86. The second-order valence-corrected chi connectivity index (χ2v) is 6.82. The molecule has 134 valence electrons. The molecule has 4 unspecified atom stereocenters. The summed E-state index contributed by atoms with van der Waals surface area (Å²) in [7, 11) is 0. The van der Waals surface area contributed by atoms with Crippen LogP contribution in [0.25, 0.3) is 0 Å². The Hall–Kier alpha value is -2.48. The highest BCUT2D eigenvalue weighted by molar-refractivity contribution is 6.05. The van der Waals surface area contributed by atoms with Crippen molar-refractivity contribution in [3.8, 4) is 0 Å². The number of imide groups is 1. The maximum atomic E-state index is 12.8. The molecule has 3 rings (SSSR count). The summed E-state index contributed by atoms with van der Waals surface area (Å²) in [4.78, 5) is 49.6. The number of fused-ring (bicyclic) bond motifs is 1. The van der Waals surface area contributed by atoms with Crippen LogP contribution in [0.1, 0.15) is 26.2 Å². The van der Waals surface area contributed by atoms with Crippen molar-refractivity contribution in [3.05, 3.63) is 23.8 Å². The van der Waals surface area contributed by atoms with Crippen LogP contribution >= 0.6 is 0 Å². The summed E-state index contributed by atoms with van der Waals surface area (Å²) in [6.45, 7) is 2.05. The van der Waals surface area contributed by atoms with Gasteiger partial charge in [0.05, 0.1) is 11.5 Å². The lowest BCUT2D eigenvalue weighted by molar-refractivity contribution is -0.142. The van der Waals surface area contributed by atoms with Gasteiger partial charge in [0.25, 0.3) is 5.91 Å². The highest BCUT2D eigenvalue weighted by Gasteiger charge is 2.53. The molecule has 4 atom stereocenters. The number of piperidine rings is 1. The Balaban J connectivity index is 1.91. The van der Waals surface area contributed by atoms with E-state index >= 15 is 0 Å². The van der Waals surface area contributed by atoms with Crippen LogP contribution in [0.3, 0.4) is 0 Å². The molecule has 0 aromatic carbocycles. The second-order valence-electron chi connectivity index (χ2n) is 6.82. The molecule has 2 heterocycles. The topological polar surface area (TPSA) is 136 Å². The van der Waals surface area contributed by atoms with Crippen LogP contribution in [-0.4, -0.2) is 46.7 Å². The Labute approximate surface area is 145 Å². The normalized spacial score (nSPS) is 33.0. The van der Waals surface area contributed by atoms with Gasteiger partial charge < -0.3 is 16.4 Å². The first-order valence-corrected chi connectivity index (χ1v) is 8.41.